The molecule has 0 saturated carbocycles. The first-order valence-electron chi connectivity index (χ1n) is 6.53. The standard InChI is InChI=1S/C15H16BrClN2O2/c1-9-13(14(17)19(2)18-9)8-11(15(20)21)6-10-4-3-5-12(16)7-10/h3-5,7,11H,6,8H2,1-2H3,(H,20,21). The van der Waals surface area contributed by atoms with Crippen molar-refractivity contribution in [2.75, 3.05) is 0 Å². The second-order valence-corrected chi connectivity index (χ2v) is 6.33. The lowest BCUT2D eigenvalue weighted by Gasteiger charge is -2.12. The number of rotatable bonds is 5. The normalized spacial score (nSPS) is 12.4. The van der Waals surface area contributed by atoms with Gasteiger partial charge in [0, 0.05) is 17.1 Å². The highest BCUT2D eigenvalue weighted by molar-refractivity contribution is 9.10. The smallest absolute Gasteiger partial charge is 0.307 e. The summed E-state index contributed by atoms with van der Waals surface area (Å²) in [6, 6.07) is 7.69. The van der Waals surface area contributed by atoms with Crippen LogP contribution in [0.3, 0.4) is 0 Å². The zero-order valence-electron chi connectivity index (χ0n) is 11.8. The van der Waals surface area contributed by atoms with Gasteiger partial charge in [-0.05, 0) is 37.5 Å². The molecule has 1 atom stereocenters. The lowest BCUT2D eigenvalue weighted by atomic mass is 9.93. The fourth-order valence-corrected chi connectivity index (χ4v) is 3.05. The largest absolute Gasteiger partial charge is 0.481 e. The number of carbonyl (C=O) groups is 1. The molecule has 1 N–H and O–H groups in total. The van der Waals surface area contributed by atoms with E-state index >= 15 is 0 Å². The molecule has 1 aromatic carbocycles. The van der Waals surface area contributed by atoms with E-state index in [0.717, 1.165) is 21.3 Å². The van der Waals surface area contributed by atoms with Gasteiger partial charge >= 0.3 is 5.97 Å². The van der Waals surface area contributed by atoms with Crippen LogP contribution in [0, 0.1) is 12.8 Å². The van der Waals surface area contributed by atoms with Gasteiger partial charge in [-0.1, -0.05) is 39.7 Å². The monoisotopic (exact) mass is 370 g/mol. The van der Waals surface area contributed by atoms with Gasteiger partial charge in [0.2, 0.25) is 0 Å². The average Bonchev–Trinajstić information content (AvgIpc) is 2.64. The van der Waals surface area contributed by atoms with Crippen LogP contribution < -0.4 is 0 Å². The van der Waals surface area contributed by atoms with Gasteiger partial charge in [-0.25, -0.2) is 0 Å². The predicted octanol–water partition coefficient (Wildman–Crippen LogP) is 3.63. The first-order chi connectivity index (χ1) is 9.88. The van der Waals surface area contributed by atoms with E-state index < -0.39 is 11.9 Å². The minimum atomic E-state index is -0.825. The summed E-state index contributed by atoms with van der Waals surface area (Å²) in [6.45, 7) is 1.85. The van der Waals surface area contributed by atoms with Crippen molar-refractivity contribution in [3.05, 3.63) is 50.7 Å². The molecule has 0 radical (unpaired) electrons. The van der Waals surface area contributed by atoms with Crippen LogP contribution in [-0.4, -0.2) is 20.9 Å². The molecule has 0 spiro atoms. The van der Waals surface area contributed by atoms with Crippen molar-refractivity contribution in [1.82, 2.24) is 9.78 Å². The van der Waals surface area contributed by atoms with E-state index in [4.69, 9.17) is 11.6 Å². The highest BCUT2D eigenvalue weighted by atomic mass is 79.9. The van der Waals surface area contributed by atoms with Crippen molar-refractivity contribution in [3.8, 4) is 0 Å². The van der Waals surface area contributed by atoms with Crippen LogP contribution in [0.1, 0.15) is 16.8 Å². The molecule has 1 unspecified atom stereocenters. The molecule has 1 aromatic heterocycles. The summed E-state index contributed by atoms with van der Waals surface area (Å²) in [5.74, 6) is -1.35. The number of carboxylic acids is 1. The van der Waals surface area contributed by atoms with Crippen molar-refractivity contribution in [1.29, 1.82) is 0 Å². The lowest BCUT2D eigenvalue weighted by Crippen LogP contribution is -2.19. The molecule has 0 aliphatic heterocycles. The van der Waals surface area contributed by atoms with Gasteiger partial charge in [-0.3, -0.25) is 9.48 Å². The molecule has 4 nitrogen and oxygen atoms in total. The summed E-state index contributed by atoms with van der Waals surface area (Å²) < 4.78 is 2.52. The maximum absolute atomic E-state index is 11.5. The van der Waals surface area contributed by atoms with Gasteiger partial charge in [0.15, 0.2) is 0 Å². The first kappa shape index (κ1) is 16.0. The summed E-state index contributed by atoms with van der Waals surface area (Å²) in [7, 11) is 1.75. The van der Waals surface area contributed by atoms with E-state index in [9.17, 15) is 9.90 Å². The third-order valence-electron chi connectivity index (χ3n) is 3.44. The summed E-state index contributed by atoms with van der Waals surface area (Å²) in [6.07, 6.45) is 0.833. The SMILES string of the molecule is Cc1nn(C)c(Cl)c1CC(Cc1cccc(Br)c1)C(=O)O. The highest BCUT2D eigenvalue weighted by Gasteiger charge is 2.23. The molecule has 21 heavy (non-hydrogen) atoms. The van der Waals surface area contributed by atoms with E-state index in [0.29, 0.717) is 18.0 Å². The molecule has 1 heterocycles. The van der Waals surface area contributed by atoms with E-state index in [1.54, 1.807) is 11.7 Å². The molecule has 112 valence electrons. The van der Waals surface area contributed by atoms with Crippen LogP contribution in [0.25, 0.3) is 0 Å². The second kappa shape index (κ2) is 6.62. The second-order valence-electron chi connectivity index (χ2n) is 5.05. The Kier molecular flexibility index (Phi) is 5.06. The molecule has 0 saturated heterocycles. The molecule has 0 fully saturated rings. The highest BCUT2D eigenvalue weighted by Crippen LogP contribution is 2.24. The Balaban J connectivity index is 2.22. The van der Waals surface area contributed by atoms with Crippen LogP contribution in [-0.2, 0) is 24.7 Å². The number of halogens is 2. The fourth-order valence-electron chi connectivity index (χ4n) is 2.35. The fraction of sp³-hybridized carbons (Fsp3) is 0.333. The van der Waals surface area contributed by atoms with Gasteiger partial charge in [0.1, 0.15) is 5.15 Å². The number of nitrogens with zero attached hydrogens (tertiary/aromatic N) is 2. The number of aliphatic carboxylic acids is 1. The van der Waals surface area contributed by atoms with E-state index in [-0.39, 0.29) is 0 Å². The minimum Gasteiger partial charge on any atom is -0.481 e. The van der Waals surface area contributed by atoms with E-state index in [1.807, 2.05) is 31.2 Å². The van der Waals surface area contributed by atoms with Gasteiger partial charge in [-0.15, -0.1) is 0 Å². The Labute approximate surface area is 136 Å². The summed E-state index contributed by atoms with van der Waals surface area (Å²) in [5, 5.41) is 14.2. The number of aromatic nitrogens is 2. The number of aryl methyl sites for hydroxylation is 2. The average molecular weight is 372 g/mol. The molecule has 2 aromatic rings. The molecular formula is C15H16BrClN2O2. The number of hydrogen-bond acceptors (Lipinski definition) is 2. The number of hydrogen-bond donors (Lipinski definition) is 1. The van der Waals surface area contributed by atoms with Crippen molar-refractivity contribution >= 4 is 33.5 Å². The maximum atomic E-state index is 11.5. The third-order valence-corrected chi connectivity index (χ3v) is 4.41. The Morgan fingerprint density at radius 2 is 2.19 bits per heavy atom. The van der Waals surface area contributed by atoms with Crippen molar-refractivity contribution in [2.45, 2.75) is 19.8 Å². The topological polar surface area (TPSA) is 55.1 Å². The van der Waals surface area contributed by atoms with Crippen molar-refractivity contribution in [3.63, 3.8) is 0 Å². The minimum absolute atomic E-state index is 0.375. The quantitative estimate of drug-likeness (QED) is 0.873. The number of carboxylic acid groups (broad SMARTS) is 1. The van der Waals surface area contributed by atoms with Crippen LogP contribution in [0.5, 0.6) is 0 Å². The third kappa shape index (κ3) is 3.86. The van der Waals surface area contributed by atoms with Crippen LogP contribution in [0.15, 0.2) is 28.7 Å². The Bertz CT molecular complexity index is 670. The molecular weight excluding hydrogens is 356 g/mol. The van der Waals surface area contributed by atoms with Gasteiger partial charge in [0.25, 0.3) is 0 Å². The zero-order chi connectivity index (χ0) is 15.6. The van der Waals surface area contributed by atoms with Crippen molar-refractivity contribution < 1.29 is 9.90 Å². The van der Waals surface area contributed by atoms with Crippen molar-refractivity contribution in [2.24, 2.45) is 13.0 Å². The lowest BCUT2D eigenvalue weighted by molar-refractivity contribution is -0.141. The Morgan fingerprint density at radius 3 is 2.71 bits per heavy atom. The van der Waals surface area contributed by atoms with Crippen LogP contribution in [0.4, 0.5) is 0 Å². The summed E-state index contributed by atoms with van der Waals surface area (Å²) >= 11 is 9.59. The summed E-state index contributed by atoms with van der Waals surface area (Å²) in [5.41, 5.74) is 2.57. The molecule has 0 bridgehead atoms. The van der Waals surface area contributed by atoms with Crippen LogP contribution in [0.2, 0.25) is 5.15 Å². The van der Waals surface area contributed by atoms with Gasteiger partial charge < -0.3 is 5.11 Å². The first-order valence-corrected chi connectivity index (χ1v) is 7.70. The van der Waals surface area contributed by atoms with Gasteiger partial charge in [0.05, 0.1) is 11.6 Å². The zero-order valence-corrected chi connectivity index (χ0v) is 14.1. The predicted molar refractivity (Wildman–Crippen MR) is 85.6 cm³/mol. The molecule has 6 heteroatoms. The van der Waals surface area contributed by atoms with E-state index in [2.05, 4.69) is 21.0 Å². The number of benzene rings is 1. The Morgan fingerprint density at radius 1 is 1.48 bits per heavy atom. The Hall–Kier alpha value is -1.33. The van der Waals surface area contributed by atoms with Crippen LogP contribution >= 0.6 is 27.5 Å². The molecule has 0 amide bonds. The maximum Gasteiger partial charge on any atom is 0.307 e. The van der Waals surface area contributed by atoms with Gasteiger partial charge in [-0.2, -0.15) is 5.10 Å². The molecule has 0 aliphatic rings. The molecule has 2 rings (SSSR count). The van der Waals surface area contributed by atoms with E-state index in [1.165, 1.54) is 0 Å². The summed E-state index contributed by atoms with van der Waals surface area (Å²) in [4.78, 5) is 11.5. The molecule has 0 aliphatic carbocycles.